The third-order valence-corrected chi connectivity index (χ3v) is 5.34. The molecule has 0 amide bonds. The van der Waals surface area contributed by atoms with Crippen LogP contribution in [0.3, 0.4) is 0 Å². The first-order valence-electron chi connectivity index (χ1n) is 6.76. The van der Waals surface area contributed by atoms with Gasteiger partial charge in [-0.25, -0.2) is 4.98 Å². The second-order valence-electron chi connectivity index (χ2n) is 4.86. The van der Waals surface area contributed by atoms with Crippen LogP contribution in [0.4, 0.5) is 0 Å². The minimum Gasteiger partial charge on any atom is -0.333 e. The molecule has 5 heteroatoms. The lowest BCUT2D eigenvalue weighted by Crippen LogP contribution is -2.12. The van der Waals surface area contributed by atoms with Gasteiger partial charge in [-0.15, -0.1) is 0 Å². The average Bonchev–Trinajstić information content (AvgIpc) is 2.90. The molecule has 0 saturated carbocycles. The van der Waals surface area contributed by atoms with Crippen molar-refractivity contribution >= 4 is 38.7 Å². The summed E-state index contributed by atoms with van der Waals surface area (Å²) in [7, 11) is 1.97. The molecule has 0 spiro atoms. The molecule has 3 nitrogen and oxygen atoms in total. The predicted octanol–water partition coefficient (Wildman–Crippen LogP) is 4.76. The third kappa shape index (κ3) is 3.15. The molecule has 0 saturated heterocycles. The summed E-state index contributed by atoms with van der Waals surface area (Å²) >= 11 is 5.29. The van der Waals surface area contributed by atoms with Crippen LogP contribution >= 0.6 is 27.7 Å². The molecule has 0 aliphatic carbocycles. The van der Waals surface area contributed by atoms with Gasteiger partial charge < -0.3 is 10.3 Å². The third-order valence-electron chi connectivity index (χ3n) is 3.46. The second-order valence-corrected chi connectivity index (χ2v) is 6.75. The Morgan fingerprint density at radius 2 is 2.05 bits per heavy atom. The van der Waals surface area contributed by atoms with E-state index in [0.717, 1.165) is 25.6 Å². The lowest BCUT2D eigenvalue weighted by Gasteiger charge is -2.12. The van der Waals surface area contributed by atoms with Crippen molar-refractivity contribution in [1.82, 2.24) is 15.3 Å². The summed E-state index contributed by atoms with van der Waals surface area (Å²) in [6.45, 7) is 2.15. The molecule has 3 aromatic rings. The molecule has 0 aliphatic rings. The van der Waals surface area contributed by atoms with Crippen LogP contribution in [-0.2, 0) is 0 Å². The summed E-state index contributed by atoms with van der Waals surface area (Å²) in [6.07, 6.45) is 0. The number of aromatic nitrogens is 2. The van der Waals surface area contributed by atoms with Crippen LogP contribution < -0.4 is 5.32 Å². The van der Waals surface area contributed by atoms with Gasteiger partial charge in [-0.05, 0) is 59.7 Å². The maximum Gasteiger partial charge on any atom is 0.171 e. The Balaban J connectivity index is 1.87. The van der Waals surface area contributed by atoms with Gasteiger partial charge in [0, 0.05) is 15.4 Å². The van der Waals surface area contributed by atoms with E-state index in [2.05, 4.69) is 56.3 Å². The SMILES string of the molecule is CNC(C)c1ccc(Sc2nc3ccccc3[nH]2)c(Br)c1. The van der Waals surface area contributed by atoms with Gasteiger partial charge in [-0.3, -0.25) is 0 Å². The van der Waals surface area contributed by atoms with Gasteiger partial charge in [0.15, 0.2) is 5.16 Å². The van der Waals surface area contributed by atoms with Crippen LogP contribution in [0.25, 0.3) is 11.0 Å². The maximum atomic E-state index is 4.60. The highest BCUT2D eigenvalue weighted by molar-refractivity contribution is 9.10. The number of nitrogens with one attached hydrogen (secondary N) is 2. The van der Waals surface area contributed by atoms with E-state index in [0.29, 0.717) is 6.04 Å². The standard InChI is InChI=1S/C16H16BrN3S/c1-10(18-2)11-7-8-15(12(17)9-11)21-16-19-13-5-3-4-6-14(13)20-16/h3-10,18H,1-2H3,(H,19,20). The second kappa shape index (κ2) is 6.22. The highest BCUT2D eigenvalue weighted by Gasteiger charge is 2.09. The normalized spacial score (nSPS) is 12.7. The maximum absolute atomic E-state index is 4.60. The number of fused-ring (bicyclic) bond motifs is 1. The van der Waals surface area contributed by atoms with Crippen molar-refractivity contribution in [3.05, 3.63) is 52.5 Å². The van der Waals surface area contributed by atoms with E-state index in [1.54, 1.807) is 11.8 Å². The molecule has 0 bridgehead atoms. The molecule has 21 heavy (non-hydrogen) atoms. The molecule has 0 aliphatic heterocycles. The quantitative estimate of drug-likeness (QED) is 0.703. The Kier molecular flexibility index (Phi) is 4.33. The summed E-state index contributed by atoms with van der Waals surface area (Å²) in [4.78, 5) is 9.09. The number of hydrogen-bond donors (Lipinski definition) is 2. The van der Waals surface area contributed by atoms with Crippen LogP contribution in [0.15, 0.2) is 57.0 Å². The summed E-state index contributed by atoms with van der Waals surface area (Å²) in [6, 6.07) is 14.8. The van der Waals surface area contributed by atoms with E-state index in [1.165, 1.54) is 5.56 Å². The average molecular weight is 362 g/mol. The first kappa shape index (κ1) is 14.6. The van der Waals surface area contributed by atoms with E-state index < -0.39 is 0 Å². The lowest BCUT2D eigenvalue weighted by molar-refractivity contribution is 0.651. The minimum absolute atomic E-state index is 0.339. The summed E-state index contributed by atoms with van der Waals surface area (Å²) in [5, 5.41) is 4.16. The Morgan fingerprint density at radius 1 is 1.24 bits per heavy atom. The molecule has 0 fully saturated rings. The first-order valence-corrected chi connectivity index (χ1v) is 8.37. The van der Waals surface area contributed by atoms with Gasteiger partial charge in [0.25, 0.3) is 0 Å². The number of nitrogens with zero attached hydrogens (tertiary/aromatic N) is 1. The number of aromatic amines is 1. The van der Waals surface area contributed by atoms with Crippen LogP contribution in [0, 0.1) is 0 Å². The Hall–Kier alpha value is -1.30. The fourth-order valence-electron chi connectivity index (χ4n) is 2.12. The zero-order chi connectivity index (χ0) is 14.8. The fourth-order valence-corrected chi connectivity index (χ4v) is 3.56. The molecule has 1 unspecified atom stereocenters. The topological polar surface area (TPSA) is 40.7 Å². The van der Waals surface area contributed by atoms with Crippen molar-refractivity contribution in [3.8, 4) is 0 Å². The molecule has 1 heterocycles. The number of para-hydroxylation sites is 2. The molecule has 108 valence electrons. The minimum atomic E-state index is 0.339. The molecular formula is C16H16BrN3S. The van der Waals surface area contributed by atoms with Crippen LogP contribution in [0.5, 0.6) is 0 Å². The molecule has 2 N–H and O–H groups in total. The molecule has 0 radical (unpaired) electrons. The predicted molar refractivity (Wildman–Crippen MR) is 91.8 cm³/mol. The zero-order valence-electron chi connectivity index (χ0n) is 11.9. The summed E-state index contributed by atoms with van der Waals surface area (Å²) in [5.74, 6) is 0. The fraction of sp³-hybridized carbons (Fsp3) is 0.188. The van der Waals surface area contributed by atoms with Gasteiger partial charge in [0.05, 0.1) is 11.0 Å². The monoisotopic (exact) mass is 361 g/mol. The largest absolute Gasteiger partial charge is 0.333 e. The van der Waals surface area contributed by atoms with Crippen molar-refractivity contribution in [3.63, 3.8) is 0 Å². The van der Waals surface area contributed by atoms with E-state index in [1.807, 2.05) is 31.3 Å². The number of halogens is 1. The van der Waals surface area contributed by atoms with Gasteiger partial charge in [0.1, 0.15) is 0 Å². The highest BCUT2D eigenvalue weighted by atomic mass is 79.9. The van der Waals surface area contributed by atoms with Crippen molar-refractivity contribution in [1.29, 1.82) is 0 Å². The molecule has 1 atom stereocenters. The molecular weight excluding hydrogens is 346 g/mol. The van der Waals surface area contributed by atoms with Gasteiger partial charge in [-0.1, -0.05) is 30.0 Å². The number of hydrogen-bond acceptors (Lipinski definition) is 3. The summed E-state index contributed by atoms with van der Waals surface area (Å²) < 4.78 is 1.09. The van der Waals surface area contributed by atoms with Crippen LogP contribution in [0.1, 0.15) is 18.5 Å². The van der Waals surface area contributed by atoms with Gasteiger partial charge >= 0.3 is 0 Å². The lowest BCUT2D eigenvalue weighted by atomic mass is 10.1. The molecule has 1 aromatic heterocycles. The number of rotatable bonds is 4. The zero-order valence-corrected chi connectivity index (χ0v) is 14.3. The first-order chi connectivity index (χ1) is 10.2. The number of imidazole rings is 1. The Morgan fingerprint density at radius 3 is 2.76 bits per heavy atom. The highest BCUT2D eigenvalue weighted by Crippen LogP contribution is 2.34. The van der Waals surface area contributed by atoms with Crippen LogP contribution in [0.2, 0.25) is 0 Å². The number of benzene rings is 2. The Labute approximate surface area is 136 Å². The van der Waals surface area contributed by atoms with Crippen LogP contribution in [-0.4, -0.2) is 17.0 Å². The molecule has 3 rings (SSSR count). The smallest absolute Gasteiger partial charge is 0.171 e. The summed E-state index contributed by atoms with van der Waals surface area (Å²) in [5.41, 5.74) is 3.33. The number of H-pyrrole nitrogens is 1. The van der Waals surface area contributed by atoms with Crippen molar-refractivity contribution in [2.45, 2.75) is 23.0 Å². The Bertz CT molecular complexity index is 736. The van der Waals surface area contributed by atoms with Gasteiger partial charge in [-0.2, -0.15) is 0 Å². The van der Waals surface area contributed by atoms with E-state index in [4.69, 9.17) is 0 Å². The molecule has 2 aromatic carbocycles. The van der Waals surface area contributed by atoms with E-state index >= 15 is 0 Å². The van der Waals surface area contributed by atoms with E-state index in [9.17, 15) is 0 Å². The van der Waals surface area contributed by atoms with Crippen molar-refractivity contribution in [2.75, 3.05) is 7.05 Å². The van der Waals surface area contributed by atoms with Crippen molar-refractivity contribution < 1.29 is 0 Å². The van der Waals surface area contributed by atoms with Gasteiger partial charge in [0.2, 0.25) is 0 Å². The van der Waals surface area contributed by atoms with E-state index in [-0.39, 0.29) is 0 Å². The van der Waals surface area contributed by atoms with Crippen molar-refractivity contribution in [2.24, 2.45) is 0 Å².